The molecule has 0 saturated carbocycles. The Balaban J connectivity index is 1.36. The lowest BCUT2D eigenvalue weighted by Gasteiger charge is -2.25. The molecule has 2 aromatic carbocycles. The molecule has 1 aliphatic heterocycles. The van der Waals surface area contributed by atoms with Gasteiger partial charge in [0.2, 0.25) is 0 Å². The number of para-hydroxylation sites is 1. The van der Waals surface area contributed by atoms with Gasteiger partial charge in [-0.25, -0.2) is 4.79 Å². The van der Waals surface area contributed by atoms with E-state index in [1.807, 2.05) is 50.4 Å². The number of aromatic nitrogens is 1. The number of nitrogens with zero attached hydrogens (tertiary/aromatic N) is 2. The van der Waals surface area contributed by atoms with Crippen molar-refractivity contribution in [2.45, 2.75) is 33.4 Å². The van der Waals surface area contributed by atoms with E-state index in [-0.39, 0.29) is 12.1 Å². The maximum Gasteiger partial charge on any atom is 0.331 e. The Morgan fingerprint density at radius 2 is 1.86 bits per heavy atom. The number of imide groups is 2. The van der Waals surface area contributed by atoms with Gasteiger partial charge in [0.1, 0.15) is 17.1 Å². The summed E-state index contributed by atoms with van der Waals surface area (Å²) in [4.78, 5) is 39.0. The molecule has 8 nitrogen and oxygen atoms in total. The number of hydrogen-bond donors (Lipinski definition) is 1. The summed E-state index contributed by atoms with van der Waals surface area (Å²) >= 11 is 0. The minimum absolute atomic E-state index is 0.0650. The summed E-state index contributed by atoms with van der Waals surface area (Å²) in [6.45, 7) is 5.25. The fraction of sp³-hybridized carbons (Fsp3) is 0.207. The summed E-state index contributed by atoms with van der Waals surface area (Å²) < 4.78 is 13.4. The second-order valence-electron chi connectivity index (χ2n) is 9.05. The molecule has 8 heteroatoms. The molecule has 0 aliphatic carbocycles. The van der Waals surface area contributed by atoms with Crippen molar-refractivity contribution in [3.63, 3.8) is 0 Å². The van der Waals surface area contributed by atoms with Gasteiger partial charge in [-0.3, -0.25) is 19.8 Å². The molecule has 0 atom stereocenters. The monoisotopic (exact) mass is 497 g/mol. The Hall–Kier alpha value is -4.59. The number of amides is 4. The molecule has 0 bridgehead atoms. The van der Waals surface area contributed by atoms with Gasteiger partial charge in [-0.05, 0) is 61.7 Å². The van der Waals surface area contributed by atoms with E-state index in [0.29, 0.717) is 18.9 Å². The largest absolute Gasteiger partial charge is 0.493 e. The Bertz CT molecular complexity index is 1510. The number of hydrogen-bond acceptors (Lipinski definition) is 5. The molecular weight excluding hydrogens is 470 g/mol. The van der Waals surface area contributed by atoms with Crippen LogP contribution in [0.3, 0.4) is 0 Å². The van der Waals surface area contributed by atoms with E-state index in [2.05, 4.69) is 22.0 Å². The second-order valence-corrected chi connectivity index (χ2v) is 9.05. The number of rotatable bonds is 8. The number of carbonyl (C=O) groups excluding carboxylic acids is 3. The Morgan fingerprint density at radius 3 is 2.68 bits per heavy atom. The first-order valence-corrected chi connectivity index (χ1v) is 12.1. The zero-order chi connectivity index (χ0) is 25.9. The number of carbonyl (C=O) groups is 3. The molecule has 0 spiro atoms. The van der Waals surface area contributed by atoms with Crippen molar-refractivity contribution in [2.75, 3.05) is 6.61 Å². The smallest absolute Gasteiger partial charge is 0.331 e. The molecule has 1 N–H and O–H groups in total. The molecule has 0 unspecified atom stereocenters. The van der Waals surface area contributed by atoms with Crippen LogP contribution in [0.15, 0.2) is 77.0 Å². The van der Waals surface area contributed by atoms with E-state index >= 15 is 0 Å². The molecule has 2 aromatic heterocycles. The van der Waals surface area contributed by atoms with Crippen molar-refractivity contribution < 1.29 is 23.5 Å². The normalized spacial score (nSPS) is 15.0. The molecule has 3 heterocycles. The lowest BCUT2D eigenvalue weighted by Crippen LogP contribution is -2.53. The number of benzene rings is 2. The minimum Gasteiger partial charge on any atom is -0.493 e. The van der Waals surface area contributed by atoms with Crippen LogP contribution in [0.2, 0.25) is 0 Å². The number of urea groups is 1. The van der Waals surface area contributed by atoms with Crippen molar-refractivity contribution in [3.8, 4) is 5.75 Å². The van der Waals surface area contributed by atoms with Crippen LogP contribution in [0.1, 0.15) is 28.9 Å². The average molecular weight is 498 g/mol. The Labute approximate surface area is 214 Å². The van der Waals surface area contributed by atoms with E-state index in [0.717, 1.165) is 44.7 Å². The molecule has 1 fully saturated rings. The van der Waals surface area contributed by atoms with E-state index in [1.54, 1.807) is 18.2 Å². The van der Waals surface area contributed by atoms with Crippen LogP contribution in [0, 0.1) is 13.8 Å². The van der Waals surface area contributed by atoms with Gasteiger partial charge in [0.05, 0.1) is 19.4 Å². The molecule has 4 amide bonds. The van der Waals surface area contributed by atoms with E-state index in [9.17, 15) is 14.4 Å². The maximum absolute atomic E-state index is 13.1. The first-order valence-electron chi connectivity index (χ1n) is 12.1. The van der Waals surface area contributed by atoms with Crippen molar-refractivity contribution in [2.24, 2.45) is 0 Å². The highest BCUT2D eigenvalue weighted by atomic mass is 16.5. The number of aryl methyl sites for hydroxylation is 3. The summed E-state index contributed by atoms with van der Waals surface area (Å²) in [6.07, 6.45) is 5.70. The third-order valence-electron chi connectivity index (χ3n) is 6.34. The van der Waals surface area contributed by atoms with Crippen LogP contribution in [0.5, 0.6) is 5.75 Å². The van der Waals surface area contributed by atoms with Gasteiger partial charge in [-0.2, -0.15) is 0 Å². The summed E-state index contributed by atoms with van der Waals surface area (Å²) in [7, 11) is 0. The molecule has 1 aliphatic rings. The predicted molar refractivity (Wildman–Crippen MR) is 139 cm³/mol. The van der Waals surface area contributed by atoms with Crippen LogP contribution in [0.4, 0.5) is 4.79 Å². The van der Waals surface area contributed by atoms with Crippen LogP contribution < -0.4 is 10.1 Å². The maximum atomic E-state index is 13.1. The molecule has 4 aromatic rings. The summed E-state index contributed by atoms with van der Waals surface area (Å²) in [5.74, 6) is -0.0523. The third kappa shape index (κ3) is 5.04. The SMILES string of the molecule is Cc1ccc(C)c(OCCCn2cc(C=C3C(=O)NC(=O)N(Cc4ccco4)C3=O)c3ccccc32)c1. The van der Waals surface area contributed by atoms with Crippen molar-refractivity contribution in [3.05, 3.63) is 95.1 Å². The lowest BCUT2D eigenvalue weighted by molar-refractivity contribution is -0.130. The fourth-order valence-electron chi connectivity index (χ4n) is 4.41. The number of furan rings is 1. The minimum atomic E-state index is -0.769. The van der Waals surface area contributed by atoms with Gasteiger partial charge in [0.25, 0.3) is 11.8 Å². The van der Waals surface area contributed by atoms with Crippen LogP contribution >= 0.6 is 0 Å². The standard InChI is InChI=1S/C29H27N3O5/c1-19-10-11-20(2)26(15-19)37-14-6-12-31-17-21(23-8-3-4-9-25(23)31)16-24-27(33)30-29(35)32(28(24)34)18-22-7-5-13-36-22/h3-5,7-11,13,15-17H,6,12,14,18H2,1-2H3,(H,30,33,35). The highest BCUT2D eigenvalue weighted by Crippen LogP contribution is 2.26. The van der Waals surface area contributed by atoms with Gasteiger partial charge < -0.3 is 13.7 Å². The van der Waals surface area contributed by atoms with Crippen molar-refractivity contribution >= 4 is 34.8 Å². The Kier molecular flexibility index (Phi) is 6.64. The number of nitrogens with one attached hydrogen (secondary N) is 1. The van der Waals surface area contributed by atoms with Gasteiger partial charge in [-0.15, -0.1) is 0 Å². The van der Waals surface area contributed by atoms with Crippen LogP contribution in [-0.4, -0.2) is 33.9 Å². The molecule has 0 radical (unpaired) electrons. The predicted octanol–water partition coefficient (Wildman–Crippen LogP) is 4.98. The molecule has 5 rings (SSSR count). The van der Waals surface area contributed by atoms with Crippen molar-refractivity contribution in [1.82, 2.24) is 14.8 Å². The first kappa shape index (κ1) is 24.1. The highest BCUT2D eigenvalue weighted by Gasteiger charge is 2.36. The number of barbiturate groups is 1. The zero-order valence-corrected chi connectivity index (χ0v) is 20.7. The summed E-state index contributed by atoms with van der Waals surface area (Å²) in [5.41, 5.74) is 3.85. The first-order chi connectivity index (χ1) is 17.9. The van der Waals surface area contributed by atoms with Gasteiger partial charge in [0.15, 0.2) is 0 Å². The highest BCUT2D eigenvalue weighted by molar-refractivity contribution is 6.31. The quantitative estimate of drug-likeness (QED) is 0.210. The van der Waals surface area contributed by atoms with E-state index in [4.69, 9.17) is 9.15 Å². The third-order valence-corrected chi connectivity index (χ3v) is 6.34. The number of ether oxygens (including phenoxy) is 1. The van der Waals surface area contributed by atoms with Gasteiger partial charge in [-0.1, -0.05) is 30.3 Å². The topological polar surface area (TPSA) is 93.8 Å². The van der Waals surface area contributed by atoms with Crippen LogP contribution in [0.25, 0.3) is 17.0 Å². The zero-order valence-electron chi connectivity index (χ0n) is 20.7. The van der Waals surface area contributed by atoms with Crippen LogP contribution in [-0.2, 0) is 22.7 Å². The molecule has 1 saturated heterocycles. The number of fused-ring (bicyclic) bond motifs is 1. The second kappa shape index (κ2) is 10.2. The average Bonchev–Trinajstić information content (AvgIpc) is 3.52. The molecule has 188 valence electrons. The lowest BCUT2D eigenvalue weighted by atomic mass is 10.1. The van der Waals surface area contributed by atoms with Gasteiger partial charge >= 0.3 is 6.03 Å². The van der Waals surface area contributed by atoms with Crippen molar-refractivity contribution in [1.29, 1.82) is 0 Å². The summed E-state index contributed by atoms with van der Waals surface area (Å²) in [6, 6.07) is 16.5. The van der Waals surface area contributed by atoms with Gasteiger partial charge in [0, 0.05) is 29.2 Å². The van der Waals surface area contributed by atoms with E-state index < -0.39 is 17.8 Å². The van der Waals surface area contributed by atoms with E-state index in [1.165, 1.54) is 6.26 Å². The molecular formula is C29H27N3O5. The summed E-state index contributed by atoms with van der Waals surface area (Å²) in [5, 5.41) is 3.16. The Morgan fingerprint density at radius 1 is 1.03 bits per heavy atom. The fourth-order valence-corrected chi connectivity index (χ4v) is 4.41. The molecule has 37 heavy (non-hydrogen) atoms.